The third-order valence-electron chi connectivity index (χ3n) is 3.53. The Hall–Kier alpha value is -1.02. The molecule has 122 valence electrons. The maximum absolute atomic E-state index is 13.3. The zero-order valence-corrected chi connectivity index (χ0v) is 14.1. The number of morpholine rings is 1. The molecule has 0 bridgehead atoms. The van der Waals surface area contributed by atoms with Gasteiger partial charge in [-0.3, -0.25) is 14.6 Å². The maximum Gasteiger partial charge on any atom is 0.317 e. The summed E-state index contributed by atoms with van der Waals surface area (Å²) in [6.45, 7) is 3.48. The fourth-order valence-electron chi connectivity index (χ4n) is 2.57. The van der Waals surface area contributed by atoms with Crippen molar-refractivity contribution in [3.63, 3.8) is 0 Å². The molecule has 1 atom stereocenters. The summed E-state index contributed by atoms with van der Waals surface area (Å²) in [6.07, 6.45) is -0.0120. The van der Waals surface area contributed by atoms with E-state index >= 15 is 0 Å². The quantitative estimate of drug-likeness (QED) is 0.822. The van der Waals surface area contributed by atoms with Gasteiger partial charge in [0, 0.05) is 26.2 Å². The molecule has 1 aromatic rings. The number of rotatable bonds is 6. The first-order chi connectivity index (χ1) is 10.4. The van der Waals surface area contributed by atoms with Gasteiger partial charge in [0.1, 0.15) is 5.82 Å². The fraction of sp³-hybridized carbons (Fsp3) is 0.533. The van der Waals surface area contributed by atoms with Crippen molar-refractivity contribution >= 4 is 21.9 Å². The number of carbonyl (C=O) groups is 1. The second kappa shape index (κ2) is 8.01. The first-order valence-electron chi connectivity index (χ1n) is 7.12. The van der Waals surface area contributed by atoms with E-state index in [1.165, 1.54) is 6.07 Å². The van der Waals surface area contributed by atoms with E-state index in [2.05, 4.69) is 20.8 Å². The third-order valence-corrected chi connectivity index (χ3v) is 4.14. The van der Waals surface area contributed by atoms with E-state index in [4.69, 9.17) is 9.84 Å². The fourth-order valence-corrected chi connectivity index (χ4v) is 3.00. The number of benzene rings is 1. The number of carboxylic acids is 1. The molecule has 1 unspecified atom stereocenters. The molecule has 1 aliphatic rings. The molecule has 0 aliphatic carbocycles. The first kappa shape index (κ1) is 17.3. The van der Waals surface area contributed by atoms with Crippen LogP contribution in [0.15, 0.2) is 22.7 Å². The zero-order valence-electron chi connectivity index (χ0n) is 12.5. The van der Waals surface area contributed by atoms with E-state index in [0.29, 0.717) is 17.6 Å². The Morgan fingerprint density at radius 2 is 2.36 bits per heavy atom. The van der Waals surface area contributed by atoms with Gasteiger partial charge in [-0.25, -0.2) is 4.39 Å². The summed E-state index contributed by atoms with van der Waals surface area (Å²) in [7, 11) is 1.77. The van der Waals surface area contributed by atoms with Crippen LogP contribution in [0.5, 0.6) is 0 Å². The van der Waals surface area contributed by atoms with Crippen LogP contribution in [0.1, 0.15) is 5.56 Å². The van der Waals surface area contributed by atoms with E-state index < -0.39 is 5.97 Å². The Balaban J connectivity index is 1.87. The number of carboxylic acid groups (broad SMARTS) is 1. The van der Waals surface area contributed by atoms with Crippen molar-refractivity contribution in [2.24, 2.45) is 0 Å². The Labute approximate surface area is 137 Å². The molecule has 0 radical (unpaired) electrons. The average Bonchev–Trinajstić information content (AvgIpc) is 2.42. The minimum Gasteiger partial charge on any atom is -0.480 e. The van der Waals surface area contributed by atoms with Gasteiger partial charge in [0.05, 0.1) is 23.7 Å². The Bertz CT molecular complexity index is 530. The van der Waals surface area contributed by atoms with Crippen molar-refractivity contribution in [2.75, 3.05) is 39.8 Å². The smallest absolute Gasteiger partial charge is 0.317 e. The topological polar surface area (TPSA) is 53.0 Å². The van der Waals surface area contributed by atoms with Crippen LogP contribution in [-0.2, 0) is 16.1 Å². The van der Waals surface area contributed by atoms with E-state index in [1.807, 2.05) is 0 Å². The van der Waals surface area contributed by atoms with Crippen molar-refractivity contribution in [1.29, 1.82) is 0 Å². The molecule has 1 saturated heterocycles. The second-order valence-electron chi connectivity index (χ2n) is 5.57. The molecule has 1 aromatic carbocycles. The van der Waals surface area contributed by atoms with Crippen molar-refractivity contribution < 1.29 is 19.0 Å². The van der Waals surface area contributed by atoms with Gasteiger partial charge >= 0.3 is 5.97 Å². The minimum atomic E-state index is -0.841. The summed E-state index contributed by atoms with van der Waals surface area (Å²) >= 11 is 3.20. The molecule has 7 heteroatoms. The Kier molecular flexibility index (Phi) is 6.31. The van der Waals surface area contributed by atoms with Crippen LogP contribution in [-0.4, -0.2) is 66.8 Å². The molecule has 0 spiro atoms. The zero-order chi connectivity index (χ0) is 16.1. The third kappa shape index (κ3) is 5.31. The van der Waals surface area contributed by atoms with Crippen LogP contribution >= 0.6 is 15.9 Å². The molecule has 5 nitrogen and oxygen atoms in total. The normalized spacial score (nSPS) is 19.5. The maximum atomic E-state index is 13.3. The number of hydrogen-bond donors (Lipinski definition) is 1. The van der Waals surface area contributed by atoms with Crippen LogP contribution in [0.2, 0.25) is 0 Å². The van der Waals surface area contributed by atoms with Crippen molar-refractivity contribution in [3.8, 4) is 0 Å². The van der Waals surface area contributed by atoms with Gasteiger partial charge in [-0.2, -0.15) is 0 Å². The van der Waals surface area contributed by atoms with Gasteiger partial charge in [-0.05, 0) is 40.7 Å². The van der Waals surface area contributed by atoms with Crippen LogP contribution in [0.3, 0.4) is 0 Å². The summed E-state index contributed by atoms with van der Waals surface area (Å²) in [5, 5.41) is 8.78. The molecule has 0 amide bonds. The molecular formula is C15H20BrFN2O3. The predicted octanol–water partition coefficient (Wildman–Crippen LogP) is 1.81. The number of hydrogen-bond acceptors (Lipinski definition) is 4. The largest absolute Gasteiger partial charge is 0.480 e. The molecule has 1 N–H and O–H groups in total. The Morgan fingerprint density at radius 3 is 3.05 bits per heavy atom. The highest BCUT2D eigenvalue weighted by molar-refractivity contribution is 9.10. The second-order valence-corrected chi connectivity index (χ2v) is 6.42. The lowest BCUT2D eigenvalue weighted by atomic mass is 10.2. The highest BCUT2D eigenvalue weighted by Crippen LogP contribution is 2.19. The SMILES string of the molecule is CN(CC(=O)O)CC1CN(Cc2ccc(F)c(Br)c2)CCO1. The highest BCUT2D eigenvalue weighted by Gasteiger charge is 2.22. The van der Waals surface area contributed by atoms with Crippen molar-refractivity contribution in [1.82, 2.24) is 9.80 Å². The number of ether oxygens (including phenoxy) is 1. The van der Waals surface area contributed by atoms with E-state index in [-0.39, 0.29) is 18.5 Å². The number of likely N-dealkylation sites (N-methyl/N-ethyl adjacent to an activating group) is 1. The predicted molar refractivity (Wildman–Crippen MR) is 84.2 cm³/mol. The summed E-state index contributed by atoms with van der Waals surface area (Å²) in [5.74, 6) is -1.11. The lowest BCUT2D eigenvalue weighted by molar-refractivity contribution is -0.138. The summed E-state index contributed by atoms with van der Waals surface area (Å²) < 4.78 is 19.4. The monoisotopic (exact) mass is 374 g/mol. The van der Waals surface area contributed by atoms with Crippen molar-refractivity contribution in [2.45, 2.75) is 12.6 Å². The molecular weight excluding hydrogens is 355 g/mol. The van der Waals surface area contributed by atoms with E-state index in [9.17, 15) is 9.18 Å². The summed E-state index contributed by atoms with van der Waals surface area (Å²) in [5.41, 5.74) is 1.04. The molecule has 0 saturated carbocycles. The number of halogens is 2. The molecule has 1 aliphatic heterocycles. The summed E-state index contributed by atoms with van der Waals surface area (Å²) in [6, 6.07) is 5.02. The molecule has 22 heavy (non-hydrogen) atoms. The van der Waals surface area contributed by atoms with Gasteiger partial charge in [-0.15, -0.1) is 0 Å². The van der Waals surface area contributed by atoms with Crippen molar-refractivity contribution in [3.05, 3.63) is 34.1 Å². The molecule has 0 aromatic heterocycles. The highest BCUT2D eigenvalue weighted by atomic mass is 79.9. The van der Waals surface area contributed by atoms with Gasteiger partial charge in [0.2, 0.25) is 0 Å². The van der Waals surface area contributed by atoms with E-state index in [0.717, 1.165) is 25.2 Å². The van der Waals surface area contributed by atoms with Crippen LogP contribution in [0.25, 0.3) is 0 Å². The van der Waals surface area contributed by atoms with Gasteiger partial charge < -0.3 is 9.84 Å². The minimum absolute atomic E-state index is 0.00473. The number of aliphatic carboxylic acids is 1. The number of nitrogens with zero attached hydrogens (tertiary/aromatic N) is 2. The van der Waals surface area contributed by atoms with Crippen LogP contribution in [0.4, 0.5) is 4.39 Å². The van der Waals surface area contributed by atoms with Gasteiger partial charge in [0.15, 0.2) is 0 Å². The van der Waals surface area contributed by atoms with Crippen LogP contribution in [0, 0.1) is 5.82 Å². The molecule has 2 rings (SSSR count). The van der Waals surface area contributed by atoms with Crippen LogP contribution < -0.4 is 0 Å². The average molecular weight is 375 g/mol. The first-order valence-corrected chi connectivity index (χ1v) is 7.91. The Morgan fingerprint density at radius 1 is 1.59 bits per heavy atom. The molecule has 1 fully saturated rings. The lowest BCUT2D eigenvalue weighted by Crippen LogP contribution is -2.47. The molecule has 1 heterocycles. The van der Waals surface area contributed by atoms with E-state index in [1.54, 1.807) is 24.1 Å². The standard InChI is InChI=1S/C15H20BrFN2O3/c1-18(10-15(20)21)8-12-9-19(4-5-22-12)7-11-2-3-14(17)13(16)6-11/h2-3,6,12H,4-5,7-10H2,1H3,(H,20,21). The lowest BCUT2D eigenvalue weighted by Gasteiger charge is -2.34. The summed E-state index contributed by atoms with van der Waals surface area (Å²) in [4.78, 5) is 14.7. The van der Waals surface area contributed by atoms with Gasteiger partial charge in [0.25, 0.3) is 0 Å². The van der Waals surface area contributed by atoms with Gasteiger partial charge in [-0.1, -0.05) is 6.07 Å².